The largest absolute Gasteiger partial charge is 0.355 e. The average molecular weight is 295 g/mol. The summed E-state index contributed by atoms with van der Waals surface area (Å²) in [5.74, 6) is 0.100. The average Bonchev–Trinajstić information content (AvgIpc) is 2.92. The monoisotopic (exact) mass is 294 g/mol. The highest BCUT2D eigenvalue weighted by atomic mass is 35.5. The van der Waals surface area contributed by atoms with Crippen LogP contribution in [0.25, 0.3) is 0 Å². The molecule has 2 rings (SSSR count). The van der Waals surface area contributed by atoms with Gasteiger partial charge in [0.1, 0.15) is 0 Å². The zero-order valence-electron chi connectivity index (χ0n) is 11.3. The molecule has 1 fully saturated rings. The van der Waals surface area contributed by atoms with E-state index in [-0.39, 0.29) is 24.2 Å². The van der Waals surface area contributed by atoms with Gasteiger partial charge in [-0.3, -0.25) is 9.59 Å². The third-order valence-corrected chi connectivity index (χ3v) is 3.72. The Labute approximate surface area is 123 Å². The Morgan fingerprint density at radius 1 is 1.25 bits per heavy atom. The van der Waals surface area contributed by atoms with Gasteiger partial charge in [0.25, 0.3) is 0 Å². The second kappa shape index (κ2) is 7.29. The van der Waals surface area contributed by atoms with Crippen LogP contribution in [0.4, 0.5) is 5.69 Å². The Morgan fingerprint density at radius 3 is 2.70 bits per heavy atom. The van der Waals surface area contributed by atoms with E-state index in [1.54, 1.807) is 24.3 Å². The fourth-order valence-corrected chi connectivity index (χ4v) is 2.61. The molecule has 0 spiro atoms. The molecule has 0 unspecified atom stereocenters. The Balaban J connectivity index is 1.68. The minimum Gasteiger partial charge on any atom is -0.355 e. The lowest BCUT2D eigenvalue weighted by molar-refractivity contribution is -0.124. The molecule has 1 aromatic carbocycles. The first kappa shape index (κ1) is 14.9. The maximum atomic E-state index is 11.8. The van der Waals surface area contributed by atoms with Gasteiger partial charge in [0.2, 0.25) is 11.8 Å². The highest BCUT2D eigenvalue weighted by Crippen LogP contribution is 2.24. The summed E-state index contributed by atoms with van der Waals surface area (Å²) in [7, 11) is 0. The minimum atomic E-state index is -0.126. The summed E-state index contributed by atoms with van der Waals surface area (Å²) >= 11 is 5.84. The van der Waals surface area contributed by atoms with Gasteiger partial charge in [0, 0.05) is 29.6 Å². The molecule has 1 aliphatic rings. The van der Waals surface area contributed by atoms with Gasteiger partial charge in [-0.1, -0.05) is 30.5 Å². The molecule has 4 nitrogen and oxygen atoms in total. The maximum Gasteiger partial charge on any atom is 0.226 e. The van der Waals surface area contributed by atoms with Gasteiger partial charge in [-0.2, -0.15) is 0 Å². The summed E-state index contributed by atoms with van der Waals surface area (Å²) in [6.07, 6.45) is 4.48. The van der Waals surface area contributed by atoms with Crippen LogP contribution in [-0.2, 0) is 9.59 Å². The second-order valence-electron chi connectivity index (χ2n) is 5.08. The first-order chi connectivity index (χ1) is 9.65. The third-order valence-electron chi connectivity index (χ3n) is 3.49. The molecule has 2 N–H and O–H groups in total. The van der Waals surface area contributed by atoms with Crippen LogP contribution in [0.1, 0.15) is 32.1 Å². The molecule has 0 bridgehead atoms. The van der Waals surface area contributed by atoms with Gasteiger partial charge in [-0.25, -0.2) is 0 Å². The van der Waals surface area contributed by atoms with Crippen LogP contribution >= 0.6 is 11.6 Å². The third kappa shape index (κ3) is 4.53. The van der Waals surface area contributed by atoms with E-state index in [1.807, 2.05) is 0 Å². The summed E-state index contributed by atoms with van der Waals surface area (Å²) in [5.41, 5.74) is 0.671. The molecule has 0 radical (unpaired) electrons. The smallest absolute Gasteiger partial charge is 0.226 e. The molecule has 0 aliphatic heterocycles. The Bertz CT molecular complexity index is 485. The lowest BCUT2D eigenvalue weighted by Gasteiger charge is -2.10. The van der Waals surface area contributed by atoms with Crippen molar-refractivity contribution in [3.05, 3.63) is 29.3 Å². The minimum absolute atomic E-state index is 0.0815. The Hall–Kier alpha value is -1.55. The first-order valence-corrected chi connectivity index (χ1v) is 7.36. The van der Waals surface area contributed by atoms with Crippen LogP contribution in [0.2, 0.25) is 5.02 Å². The van der Waals surface area contributed by atoms with Crippen LogP contribution in [0.5, 0.6) is 0 Å². The molecular weight excluding hydrogens is 276 g/mol. The Kier molecular flexibility index (Phi) is 5.41. The number of amides is 2. The van der Waals surface area contributed by atoms with E-state index in [0.717, 1.165) is 25.7 Å². The number of anilines is 1. The Morgan fingerprint density at radius 2 is 2.00 bits per heavy atom. The number of carbonyl (C=O) groups is 2. The maximum absolute atomic E-state index is 11.8. The number of hydrogen-bond donors (Lipinski definition) is 2. The highest BCUT2D eigenvalue weighted by molar-refractivity contribution is 6.30. The van der Waals surface area contributed by atoms with Gasteiger partial charge in [-0.15, -0.1) is 0 Å². The van der Waals surface area contributed by atoms with Crippen molar-refractivity contribution < 1.29 is 9.59 Å². The van der Waals surface area contributed by atoms with E-state index in [9.17, 15) is 9.59 Å². The molecule has 2 amide bonds. The van der Waals surface area contributed by atoms with E-state index in [4.69, 9.17) is 11.6 Å². The molecule has 0 atom stereocenters. The summed E-state index contributed by atoms with van der Waals surface area (Å²) < 4.78 is 0. The van der Waals surface area contributed by atoms with Crippen molar-refractivity contribution in [3.8, 4) is 0 Å². The topological polar surface area (TPSA) is 58.2 Å². The van der Waals surface area contributed by atoms with Crippen LogP contribution < -0.4 is 10.6 Å². The molecule has 0 saturated heterocycles. The zero-order chi connectivity index (χ0) is 14.4. The van der Waals surface area contributed by atoms with Crippen molar-refractivity contribution in [3.63, 3.8) is 0 Å². The molecular formula is C15H19ClN2O2. The van der Waals surface area contributed by atoms with E-state index in [2.05, 4.69) is 10.6 Å². The van der Waals surface area contributed by atoms with Gasteiger partial charge in [-0.05, 0) is 31.0 Å². The van der Waals surface area contributed by atoms with E-state index in [0.29, 0.717) is 17.3 Å². The van der Waals surface area contributed by atoms with Crippen molar-refractivity contribution in [2.75, 3.05) is 11.9 Å². The van der Waals surface area contributed by atoms with Crippen molar-refractivity contribution in [2.24, 2.45) is 5.92 Å². The molecule has 0 heterocycles. The van der Waals surface area contributed by atoms with Crippen LogP contribution in [0, 0.1) is 5.92 Å². The second-order valence-corrected chi connectivity index (χ2v) is 5.52. The lowest BCUT2D eigenvalue weighted by Crippen LogP contribution is -2.32. The number of hydrogen-bond acceptors (Lipinski definition) is 2. The predicted octanol–water partition coefficient (Wildman–Crippen LogP) is 2.98. The molecule has 5 heteroatoms. The van der Waals surface area contributed by atoms with Crippen LogP contribution in [0.15, 0.2) is 24.3 Å². The number of benzene rings is 1. The van der Waals surface area contributed by atoms with Crippen molar-refractivity contribution in [2.45, 2.75) is 32.1 Å². The number of carbonyl (C=O) groups excluding carboxylic acids is 2. The van der Waals surface area contributed by atoms with E-state index < -0.39 is 0 Å². The van der Waals surface area contributed by atoms with Crippen molar-refractivity contribution >= 4 is 29.1 Å². The summed E-state index contributed by atoms with van der Waals surface area (Å²) in [6, 6.07) is 7.00. The van der Waals surface area contributed by atoms with E-state index in [1.165, 1.54) is 0 Å². The molecule has 1 saturated carbocycles. The van der Waals surface area contributed by atoms with E-state index >= 15 is 0 Å². The fraction of sp³-hybridized carbons (Fsp3) is 0.467. The van der Waals surface area contributed by atoms with Crippen LogP contribution in [0.3, 0.4) is 0 Å². The van der Waals surface area contributed by atoms with Gasteiger partial charge in [0.05, 0.1) is 0 Å². The van der Waals surface area contributed by atoms with Crippen LogP contribution in [-0.4, -0.2) is 18.4 Å². The van der Waals surface area contributed by atoms with Crippen molar-refractivity contribution in [1.82, 2.24) is 5.32 Å². The summed E-state index contributed by atoms with van der Waals surface area (Å²) in [4.78, 5) is 23.5. The summed E-state index contributed by atoms with van der Waals surface area (Å²) in [6.45, 7) is 0.377. The fourth-order valence-electron chi connectivity index (χ4n) is 2.42. The van der Waals surface area contributed by atoms with Gasteiger partial charge in [0.15, 0.2) is 0 Å². The zero-order valence-corrected chi connectivity index (χ0v) is 12.1. The first-order valence-electron chi connectivity index (χ1n) is 6.98. The molecule has 20 heavy (non-hydrogen) atoms. The van der Waals surface area contributed by atoms with Crippen molar-refractivity contribution in [1.29, 1.82) is 0 Å². The molecule has 0 aromatic heterocycles. The van der Waals surface area contributed by atoms with Gasteiger partial charge >= 0.3 is 0 Å². The molecule has 108 valence electrons. The number of nitrogens with one attached hydrogen (secondary N) is 2. The lowest BCUT2D eigenvalue weighted by atomic mass is 10.1. The molecule has 1 aromatic rings. The number of halogens is 1. The van der Waals surface area contributed by atoms with Gasteiger partial charge < -0.3 is 10.6 Å². The standard InChI is InChI=1S/C15H19ClN2O2/c16-12-6-3-7-13(10-12)18-14(19)8-9-17-15(20)11-4-1-2-5-11/h3,6-7,10-11H,1-2,4-5,8-9H2,(H,17,20)(H,18,19). The number of rotatable bonds is 5. The molecule has 1 aliphatic carbocycles. The quantitative estimate of drug-likeness (QED) is 0.877. The SMILES string of the molecule is O=C(CCNC(=O)C1CCCC1)Nc1cccc(Cl)c1. The highest BCUT2D eigenvalue weighted by Gasteiger charge is 2.22. The summed E-state index contributed by atoms with van der Waals surface area (Å²) in [5, 5.41) is 6.16. The normalized spacial score (nSPS) is 15.1. The predicted molar refractivity (Wildman–Crippen MR) is 79.7 cm³/mol.